The molecule has 0 radical (unpaired) electrons. The zero-order valence-electron chi connectivity index (χ0n) is 16.2. The molecule has 0 amide bonds. The summed E-state index contributed by atoms with van der Waals surface area (Å²) in [5.74, 6) is 0. The van der Waals surface area contributed by atoms with E-state index < -0.39 is 0 Å². The lowest BCUT2D eigenvalue weighted by atomic mass is 9.90. The molecule has 0 aromatic heterocycles. The molecule has 0 spiro atoms. The molecule has 0 N–H and O–H groups in total. The summed E-state index contributed by atoms with van der Waals surface area (Å²) in [4.78, 5) is 2.54. The van der Waals surface area contributed by atoms with Crippen LogP contribution >= 0.6 is 0 Å². The number of nitrogens with zero attached hydrogens (tertiary/aromatic N) is 1. The maximum atomic E-state index is 2.54. The molecule has 0 saturated carbocycles. The summed E-state index contributed by atoms with van der Waals surface area (Å²) in [6, 6.07) is 14.3. The first-order valence-electron chi connectivity index (χ1n) is 9.80. The fourth-order valence-electron chi connectivity index (χ4n) is 4.17. The van der Waals surface area contributed by atoms with E-state index in [1.165, 1.54) is 59.2 Å². The first kappa shape index (κ1) is 17.8. The normalized spacial score (nSPS) is 13.4. The first-order chi connectivity index (χ1) is 12.2. The van der Waals surface area contributed by atoms with Crippen molar-refractivity contribution >= 4 is 5.69 Å². The minimum atomic E-state index is 0.611. The standard InChI is InChI=1S/C24H31N/c1-5-9-20(10-6-2)25-16-8-12-23-22(11-7-13-24(23)25)21-15-14-18(3)17-19(21)4/h7-8,11,13-17,20H,5-6,9-10,12H2,1-4H3. The molecule has 0 atom stereocenters. The maximum Gasteiger partial charge on any atom is 0.0450 e. The number of allylic oxidation sites excluding steroid dienone is 1. The summed E-state index contributed by atoms with van der Waals surface area (Å²) in [6.45, 7) is 8.99. The largest absolute Gasteiger partial charge is 0.345 e. The molecule has 1 heterocycles. The van der Waals surface area contributed by atoms with Crippen LogP contribution in [0.15, 0.2) is 48.7 Å². The van der Waals surface area contributed by atoms with Crippen LogP contribution in [0.25, 0.3) is 11.1 Å². The minimum absolute atomic E-state index is 0.611. The summed E-state index contributed by atoms with van der Waals surface area (Å²) in [5.41, 5.74) is 8.36. The van der Waals surface area contributed by atoms with Crippen LogP contribution in [0.2, 0.25) is 0 Å². The van der Waals surface area contributed by atoms with Crippen molar-refractivity contribution in [2.45, 2.75) is 65.8 Å². The predicted molar refractivity (Wildman–Crippen MR) is 110 cm³/mol. The first-order valence-corrected chi connectivity index (χ1v) is 9.80. The van der Waals surface area contributed by atoms with Crippen LogP contribution in [-0.2, 0) is 6.42 Å². The Morgan fingerprint density at radius 2 is 1.72 bits per heavy atom. The van der Waals surface area contributed by atoms with Crippen LogP contribution < -0.4 is 4.90 Å². The van der Waals surface area contributed by atoms with Gasteiger partial charge >= 0.3 is 0 Å². The van der Waals surface area contributed by atoms with Gasteiger partial charge in [-0.05, 0) is 61.4 Å². The van der Waals surface area contributed by atoms with Crippen molar-refractivity contribution in [2.75, 3.05) is 4.90 Å². The van der Waals surface area contributed by atoms with E-state index in [-0.39, 0.29) is 0 Å². The van der Waals surface area contributed by atoms with Crippen molar-refractivity contribution in [1.82, 2.24) is 0 Å². The Hall–Kier alpha value is -2.02. The Bertz CT molecular complexity index is 751. The van der Waals surface area contributed by atoms with E-state index >= 15 is 0 Å². The van der Waals surface area contributed by atoms with E-state index in [0.29, 0.717) is 6.04 Å². The number of anilines is 1. The lowest BCUT2D eigenvalue weighted by molar-refractivity contribution is 0.536. The highest BCUT2D eigenvalue weighted by molar-refractivity contribution is 5.78. The second kappa shape index (κ2) is 7.91. The van der Waals surface area contributed by atoms with Gasteiger partial charge in [-0.1, -0.05) is 68.7 Å². The van der Waals surface area contributed by atoms with Gasteiger partial charge in [0.25, 0.3) is 0 Å². The van der Waals surface area contributed by atoms with Gasteiger partial charge < -0.3 is 4.90 Å². The van der Waals surface area contributed by atoms with E-state index in [9.17, 15) is 0 Å². The highest BCUT2D eigenvalue weighted by atomic mass is 15.1. The Morgan fingerprint density at radius 3 is 2.40 bits per heavy atom. The second-order valence-corrected chi connectivity index (χ2v) is 7.35. The van der Waals surface area contributed by atoms with E-state index in [1.54, 1.807) is 0 Å². The monoisotopic (exact) mass is 333 g/mol. The van der Waals surface area contributed by atoms with Gasteiger partial charge in [0.1, 0.15) is 0 Å². The SMILES string of the molecule is CCCC(CCC)N1C=CCc2c(-c3ccc(C)cc3C)cccc21. The summed E-state index contributed by atoms with van der Waals surface area (Å²) in [6.07, 6.45) is 10.7. The summed E-state index contributed by atoms with van der Waals surface area (Å²) in [5, 5.41) is 0. The van der Waals surface area contributed by atoms with Gasteiger partial charge in [-0.2, -0.15) is 0 Å². The summed E-state index contributed by atoms with van der Waals surface area (Å²) < 4.78 is 0. The molecule has 0 unspecified atom stereocenters. The fraction of sp³-hybridized carbons (Fsp3) is 0.417. The van der Waals surface area contributed by atoms with Crippen molar-refractivity contribution < 1.29 is 0 Å². The smallest absolute Gasteiger partial charge is 0.0450 e. The summed E-state index contributed by atoms with van der Waals surface area (Å²) in [7, 11) is 0. The lowest BCUT2D eigenvalue weighted by Crippen LogP contribution is -2.32. The van der Waals surface area contributed by atoms with Crippen molar-refractivity contribution in [3.05, 3.63) is 65.4 Å². The highest BCUT2D eigenvalue weighted by Crippen LogP contribution is 2.38. The van der Waals surface area contributed by atoms with Gasteiger partial charge in [0.15, 0.2) is 0 Å². The molecule has 0 fully saturated rings. The number of rotatable bonds is 6. The van der Waals surface area contributed by atoms with E-state index in [1.807, 2.05) is 0 Å². The Kier molecular flexibility index (Phi) is 5.63. The van der Waals surface area contributed by atoms with Gasteiger partial charge in [-0.15, -0.1) is 0 Å². The molecule has 2 aromatic carbocycles. The van der Waals surface area contributed by atoms with Crippen LogP contribution in [0.5, 0.6) is 0 Å². The third-order valence-corrected chi connectivity index (χ3v) is 5.33. The van der Waals surface area contributed by atoms with E-state index in [2.05, 4.69) is 81.3 Å². The molecule has 132 valence electrons. The molecular weight excluding hydrogens is 302 g/mol. The minimum Gasteiger partial charge on any atom is -0.345 e. The molecule has 25 heavy (non-hydrogen) atoms. The number of fused-ring (bicyclic) bond motifs is 1. The summed E-state index contributed by atoms with van der Waals surface area (Å²) >= 11 is 0. The number of benzene rings is 2. The molecular formula is C24H31N. The van der Waals surface area contributed by atoms with Gasteiger partial charge in [0.05, 0.1) is 0 Å². The van der Waals surface area contributed by atoms with E-state index in [0.717, 1.165) is 6.42 Å². The van der Waals surface area contributed by atoms with Gasteiger partial charge in [0, 0.05) is 17.9 Å². The van der Waals surface area contributed by atoms with Gasteiger partial charge in [-0.25, -0.2) is 0 Å². The molecule has 1 nitrogen and oxygen atoms in total. The molecule has 1 heteroatoms. The van der Waals surface area contributed by atoms with Crippen molar-refractivity contribution in [1.29, 1.82) is 0 Å². The molecule has 0 aliphatic carbocycles. The zero-order valence-corrected chi connectivity index (χ0v) is 16.2. The molecule has 2 aromatic rings. The van der Waals surface area contributed by atoms with Gasteiger partial charge in [-0.3, -0.25) is 0 Å². The van der Waals surface area contributed by atoms with Crippen LogP contribution in [-0.4, -0.2) is 6.04 Å². The number of hydrogen-bond acceptors (Lipinski definition) is 1. The van der Waals surface area contributed by atoms with Crippen LogP contribution in [0.1, 0.15) is 56.2 Å². The maximum absolute atomic E-state index is 2.54. The molecule has 0 bridgehead atoms. The van der Waals surface area contributed by atoms with Crippen LogP contribution in [0, 0.1) is 13.8 Å². The number of hydrogen-bond donors (Lipinski definition) is 0. The second-order valence-electron chi connectivity index (χ2n) is 7.35. The van der Waals surface area contributed by atoms with Gasteiger partial charge in [0.2, 0.25) is 0 Å². The Labute approximate surface area is 153 Å². The Balaban J connectivity index is 2.05. The fourth-order valence-corrected chi connectivity index (χ4v) is 4.17. The molecule has 1 aliphatic rings. The molecule has 3 rings (SSSR count). The van der Waals surface area contributed by atoms with Crippen molar-refractivity contribution in [2.24, 2.45) is 0 Å². The molecule has 0 saturated heterocycles. The third-order valence-electron chi connectivity index (χ3n) is 5.33. The third kappa shape index (κ3) is 3.66. The van der Waals surface area contributed by atoms with E-state index in [4.69, 9.17) is 0 Å². The van der Waals surface area contributed by atoms with Crippen molar-refractivity contribution in [3.8, 4) is 11.1 Å². The quantitative estimate of drug-likeness (QED) is 0.561. The average Bonchev–Trinajstić information content (AvgIpc) is 2.61. The molecule has 1 aliphatic heterocycles. The predicted octanol–water partition coefficient (Wildman–Crippen LogP) is 6.82. The highest BCUT2D eigenvalue weighted by Gasteiger charge is 2.22. The van der Waals surface area contributed by atoms with Crippen LogP contribution in [0.3, 0.4) is 0 Å². The zero-order chi connectivity index (χ0) is 17.8. The lowest BCUT2D eigenvalue weighted by Gasteiger charge is -2.35. The average molecular weight is 334 g/mol. The van der Waals surface area contributed by atoms with Crippen LogP contribution in [0.4, 0.5) is 5.69 Å². The Morgan fingerprint density at radius 1 is 0.960 bits per heavy atom. The topological polar surface area (TPSA) is 3.24 Å². The number of aryl methyl sites for hydroxylation is 2. The van der Waals surface area contributed by atoms with Crippen molar-refractivity contribution in [3.63, 3.8) is 0 Å².